The van der Waals surface area contributed by atoms with E-state index in [4.69, 9.17) is 16.6 Å². The Morgan fingerprint density at radius 3 is 2.29 bits per heavy atom. The molecule has 372 valence electrons. The summed E-state index contributed by atoms with van der Waals surface area (Å²) in [6.45, 7) is 19.0. The molecule has 0 saturated carbocycles. The van der Waals surface area contributed by atoms with Gasteiger partial charge < -0.3 is 26.0 Å². The minimum absolute atomic E-state index is 0.00530. The number of nitrogens with one attached hydrogen (secondary N) is 3. The first-order valence-corrected chi connectivity index (χ1v) is 26.8. The van der Waals surface area contributed by atoms with Crippen LogP contribution in [0.25, 0.3) is 15.4 Å². The summed E-state index contributed by atoms with van der Waals surface area (Å²) in [6.07, 6.45) is -0.624. The SMILES string of the molecule is CC(=O)N[C@H](C(=O)N1C[C@H](O)C[C@H]1C(=O)NCc1ccc(-c2scnc2C)cc1)C(C)(C)SCCN1CCN(CCNC(=O)C[C@@H]2N=C(c3ccc(Cl)cc3)c3c(sc(C)c3C)-n3c(C)nnc32)CC1. The van der Waals surface area contributed by atoms with Crippen LogP contribution in [0, 0.1) is 27.7 Å². The molecule has 2 saturated heterocycles. The standard InChI is InChI=1S/C50H62ClN11O5S3/c1-29-31(3)70-49-42(29)43(35-12-14-37(51)15-13-35)56-39(46-58-57-32(4)62(46)49)25-41(65)52-16-17-59-18-20-60(21-19-59)22-23-69-50(6,7)45(55-33(5)63)48(67)61-27-38(64)24-40(61)47(66)53-26-34-8-10-36(11-9-34)44-30(2)54-28-68-44/h8-15,28,38-40,45,64H,16-27H2,1-7H3,(H,52,65)(H,53,66)(H,55,63)/t38-,39+,40+,45-/m1/s1. The average Bonchev–Trinajstić information content (AvgIpc) is 4.10. The first-order chi connectivity index (χ1) is 33.5. The van der Waals surface area contributed by atoms with Gasteiger partial charge in [0.1, 0.15) is 29.0 Å². The van der Waals surface area contributed by atoms with Crippen LogP contribution < -0.4 is 16.0 Å². The van der Waals surface area contributed by atoms with E-state index in [2.05, 4.69) is 59.3 Å². The highest BCUT2D eigenvalue weighted by molar-refractivity contribution is 8.00. The summed E-state index contributed by atoms with van der Waals surface area (Å²) in [5.74, 6) is 0.908. The molecule has 3 aliphatic heterocycles. The molecule has 4 amide bonds. The fourth-order valence-electron chi connectivity index (χ4n) is 9.36. The van der Waals surface area contributed by atoms with Gasteiger partial charge in [-0.25, -0.2) is 4.98 Å². The Hall–Kier alpha value is -5.02. The number of amides is 4. The van der Waals surface area contributed by atoms with Crippen molar-refractivity contribution in [2.45, 2.75) is 96.8 Å². The smallest absolute Gasteiger partial charge is 0.247 e. The number of thiazole rings is 1. The zero-order valence-corrected chi connectivity index (χ0v) is 44.0. The normalized spacial score (nSPS) is 19.0. The summed E-state index contributed by atoms with van der Waals surface area (Å²) < 4.78 is 1.32. The average molecular weight is 1030 g/mol. The quantitative estimate of drug-likeness (QED) is 0.0901. The minimum Gasteiger partial charge on any atom is -0.391 e. The second-order valence-electron chi connectivity index (χ2n) is 18.8. The Morgan fingerprint density at radius 1 is 0.929 bits per heavy atom. The predicted molar refractivity (Wildman–Crippen MR) is 278 cm³/mol. The summed E-state index contributed by atoms with van der Waals surface area (Å²) in [7, 11) is 0. The van der Waals surface area contributed by atoms with E-state index >= 15 is 0 Å². The summed E-state index contributed by atoms with van der Waals surface area (Å²) in [4.78, 5) is 72.1. The molecule has 0 unspecified atom stereocenters. The van der Waals surface area contributed by atoms with Crippen molar-refractivity contribution in [2.24, 2.45) is 4.99 Å². The maximum absolute atomic E-state index is 14.3. The number of β-amino-alcohol motifs (C(OH)–C–C–N with tert-alkyl or cyclic N) is 1. The van der Waals surface area contributed by atoms with E-state index in [0.29, 0.717) is 29.7 Å². The molecule has 0 aliphatic carbocycles. The van der Waals surface area contributed by atoms with Crippen LogP contribution in [0.5, 0.6) is 0 Å². The summed E-state index contributed by atoms with van der Waals surface area (Å²) in [6, 6.07) is 13.2. The Labute approximate surface area is 426 Å². The van der Waals surface area contributed by atoms with Crippen LogP contribution >= 0.6 is 46.0 Å². The number of halogens is 1. The van der Waals surface area contributed by atoms with Crippen molar-refractivity contribution in [3.8, 4) is 15.4 Å². The van der Waals surface area contributed by atoms with Crippen LogP contribution in [-0.2, 0) is 25.7 Å². The summed E-state index contributed by atoms with van der Waals surface area (Å²) in [5.41, 5.74) is 8.65. The van der Waals surface area contributed by atoms with E-state index in [1.54, 1.807) is 34.4 Å². The number of carbonyl (C=O) groups excluding carboxylic acids is 4. The van der Waals surface area contributed by atoms with E-state index in [-0.39, 0.29) is 49.6 Å². The third kappa shape index (κ3) is 11.7. The van der Waals surface area contributed by atoms with Crippen molar-refractivity contribution >= 4 is 75.4 Å². The second-order valence-corrected chi connectivity index (χ2v) is 23.0. The Bertz CT molecular complexity index is 2730. The Kier molecular flexibility index (Phi) is 16.3. The molecule has 0 radical (unpaired) electrons. The van der Waals surface area contributed by atoms with Gasteiger partial charge >= 0.3 is 0 Å². The van der Waals surface area contributed by atoms with Crippen molar-refractivity contribution in [1.29, 1.82) is 0 Å². The lowest BCUT2D eigenvalue weighted by Crippen LogP contribution is -2.59. The highest BCUT2D eigenvalue weighted by Gasteiger charge is 2.46. The topological polar surface area (TPSA) is 190 Å². The first kappa shape index (κ1) is 51.3. The number of piperazine rings is 1. The number of benzene rings is 2. The van der Waals surface area contributed by atoms with Crippen LogP contribution in [0.4, 0.5) is 0 Å². The van der Waals surface area contributed by atoms with E-state index in [9.17, 15) is 24.3 Å². The maximum atomic E-state index is 14.3. The van der Waals surface area contributed by atoms with Crippen molar-refractivity contribution < 1.29 is 24.3 Å². The van der Waals surface area contributed by atoms with Crippen molar-refractivity contribution in [1.82, 2.24) is 50.4 Å². The minimum atomic E-state index is -0.921. The molecule has 16 nitrogen and oxygen atoms in total. The molecule has 0 spiro atoms. The lowest BCUT2D eigenvalue weighted by atomic mass is 9.99. The highest BCUT2D eigenvalue weighted by Crippen LogP contribution is 2.40. The van der Waals surface area contributed by atoms with Gasteiger partial charge in [0.25, 0.3) is 0 Å². The van der Waals surface area contributed by atoms with Crippen LogP contribution in [0.2, 0.25) is 5.02 Å². The van der Waals surface area contributed by atoms with Crippen LogP contribution in [0.1, 0.15) is 84.1 Å². The van der Waals surface area contributed by atoms with Gasteiger partial charge in [0.2, 0.25) is 23.6 Å². The fourth-order valence-corrected chi connectivity index (χ4v) is 12.7. The number of thiophene rings is 1. The fraction of sp³-hybridized carbons (Fsp3) is 0.480. The van der Waals surface area contributed by atoms with Gasteiger partial charge in [-0.05, 0) is 70.4 Å². The first-order valence-electron chi connectivity index (χ1n) is 23.7. The maximum Gasteiger partial charge on any atom is 0.247 e. The number of carbonyl (C=O) groups is 4. The molecule has 4 atom stereocenters. The predicted octanol–water partition coefficient (Wildman–Crippen LogP) is 5.65. The molecule has 6 heterocycles. The third-order valence-electron chi connectivity index (χ3n) is 13.4. The number of likely N-dealkylation sites (tertiary alicyclic amines) is 1. The summed E-state index contributed by atoms with van der Waals surface area (Å²) >= 11 is 11.1. The second kappa shape index (κ2) is 22.2. The monoisotopic (exact) mass is 1030 g/mol. The number of hydrogen-bond acceptors (Lipinski definition) is 14. The molecule has 0 bridgehead atoms. The highest BCUT2D eigenvalue weighted by atomic mass is 35.5. The number of aliphatic hydroxyl groups excluding tert-OH is 1. The van der Waals surface area contributed by atoms with Crippen molar-refractivity contribution in [2.75, 3.05) is 58.1 Å². The van der Waals surface area contributed by atoms with Crippen molar-refractivity contribution in [3.05, 3.63) is 104 Å². The number of aliphatic hydroxyl groups is 1. The van der Waals surface area contributed by atoms with Gasteiger partial charge in [-0.15, -0.1) is 32.9 Å². The molecule has 3 aliphatic rings. The van der Waals surface area contributed by atoms with E-state index in [1.165, 1.54) is 16.7 Å². The number of aliphatic imine (C=N–C) groups is 1. The number of fused-ring (bicyclic) bond motifs is 3. The van der Waals surface area contributed by atoms with Gasteiger partial charge in [-0.2, -0.15) is 11.8 Å². The number of nitrogens with zero attached hydrogens (tertiary/aromatic N) is 8. The molecule has 3 aromatic heterocycles. The third-order valence-corrected chi connectivity index (χ3v) is 17.2. The molecule has 2 fully saturated rings. The molecular formula is C50H62ClN11O5S3. The van der Waals surface area contributed by atoms with Crippen molar-refractivity contribution in [3.63, 3.8) is 0 Å². The van der Waals surface area contributed by atoms with Crippen LogP contribution in [0.3, 0.4) is 0 Å². The van der Waals surface area contributed by atoms with Gasteiger partial charge in [-0.3, -0.25) is 38.5 Å². The molecular weight excluding hydrogens is 966 g/mol. The molecule has 70 heavy (non-hydrogen) atoms. The van der Waals surface area contributed by atoms with Gasteiger partial charge in [0.15, 0.2) is 5.82 Å². The molecule has 20 heteroatoms. The molecule has 5 aromatic rings. The number of hydrogen-bond donors (Lipinski definition) is 4. The number of aryl methyl sites for hydroxylation is 3. The van der Waals surface area contributed by atoms with E-state index < -0.39 is 29.0 Å². The molecule has 4 N–H and O–H groups in total. The van der Waals surface area contributed by atoms with E-state index in [1.807, 2.05) is 81.7 Å². The van der Waals surface area contributed by atoms with E-state index in [0.717, 1.165) is 87.6 Å². The number of rotatable bonds is 17. The molecule has 8 rings (SSSR count). The lowest BCUT2D eigenvalue weighted by Gasteiger charge is -2.38. The lowest BCUT2D eigenvalue weighted by molar-refractivity contribution is -0.142. The summed E-state index contributed by atoms with van der Waals surface area (Å²) in [5, 5.41) is 30.3. The Balaban J connectivity index is 0.802. The Morgan fingerprint density at radius 2 is 1.61 bits per heavy atom. The zero-order valence-electron chi connectivity index (χ0n) is 40.8. The van der Waals surface area contributed by atoms with Gasteiger partial charge in [0, 0.05) is 104 Å². The van der Waals surface area contributed by atoms with Crippen LogP contribution in [0.15, 0.2) is 59.0 Å². The zero-order chi connectivity index (χ0) is 49.9. The van der Waals surface area contributed by atoms with Gasteiger partial charge in [0.05, 0.1) is 34.3 Å². The van der Waals surface area contributed by atoms with Gasteiger partial charge in [-0.1, -0.05) is 48.0 Å². The van der Waals surface area contributed by atoms with Crippen LogP contribution in [-0.4, -0.2) is 150 Å². The largest absolute Gasteiger partial charge is 0.391 e. The number of thioether (sulfide) groups is 1. The number of aromatic nitrogens is 4. The molecule has 2 aromatic carbocycles.